The number of carbonyl (C=O) groups is 1. The van der Waals surface area contributed by atoms with Gasteiger partial charge < -0.3 is 10.1 Å². The van der Waals surface area contributed by atoms with E-state index in [0.717, 1.165) is 28.2 Å². The summed E-state index contributed by atoms with van der Waals surface area (Å²) in [5.41, 5.74) is 4.54. The fraction of sp³-hybridized carbons (Fsp3) is 0.227. The van der Waals surface area contributed by atoms with Gasteiger partial charge in [0, 0.05) is 18.2 Å². The lowest BCUT2D eigenvalue weighted by molar-refractivity contribution is 0.200. The number of aryl methyl sites for hydroxylation is 1. The Morgan fingerprint density at radius 3 is 2.65 bits per heavy atom. The summed E-state index contributed by atoms with van der Waals surface area (Å²) in [5, 5.41) is 21.4. The Hall–Kier alpha value is -4.01. The zero-order valence-electron chi connectivity index (χ0n) is 17.5. The van der Waals surface area contributed by atoms with Gasteiger partial charge in [-0.25, -0.2) is 4.79 Å². The van der Waals surface area contributed by atoms with E-state index in [-0.39, 0.29) is 12.5 Å². The Morgan fingerprint density at radius 1 is 1.13 bits per heavy atom. The molecule has 0 unspecified atom stereocenters. The van der Waals surface area contributed by atoms with Crippen LogP contribution in [0.2, 0.25) is 0 Å². The maximum Gasteiger partial charge on any atom is 0.412 e. The SMILES string of the molecule is Cc1ccc(-c2cc(OC(=O)NCc3ccn[nH]3)cc(-n3nnnc3C(C)C)c2)cc1. The molecule has 4 rings (SSSR count). The lowest BCUT2D eigenvalue weighted by Gasteiger charge is -2.13. The van der Waals surface area contributed by atoms with E-state index in [1.165, 1.54) is 0 Å². The quantitative estimate of drug-likeness (QED) is 0.494. The van der Waals surface area contributed by atoms with E-state index in [1.807, 2.05) is 57.2 Å². The van der Waals surface area contributed by atoms with Crippen LogP contribution in [0.4, 0.5) is 4.79 Å². The minimum atomic E-state index is -0.567. The topological polar surface area (TPSA) is 111 Å². The summed E-state index contributed by atoms with van der Waals surface area (Å²) in [6.07, 6.45) is 1.06. The van der Waals surface area contributed by atoms with Gasteiger partial charge in [0.15, 0.2) is 5.82 Å². The van der Waals surface area contributed by atoms with Crippen LogP contribution in [0, 0.1) is 6.92 Å². The van der Waals surface area contributed by atoms with Gasteiger partial charge in [0.25, 0.3) is 0 Å². The minimum Gasteiger partial charge on any atom is -0.410 e. The molecule has 2 aromatic carbocycles. The Bertz CT molecular complexity index is 1170. The van der Waals surface area contributed by atoms with Gasteiger partial charge in [-0.1, -0.05) is 43.7 Å². The Labute approximate surface area is 179 Å². The lowest BCUT2D eigenvalue weighted by Crippen LogP contribution is -2.26. The number of nitrogens with one attached hydrogen (secondary N) is 2. The second kappa shape index (κ2) is 8.78. The minimum absolute atomic E-state index is 0.125. The first kappa shape index (κ1) is 20.3. The van der Waals surface area contributed by atoms with Gasteiger partial charge in [0.2, 0.25) is 0 Å². The number of H-pyrrole nitrogens is 1. The van der Waals surface area contributed by atoms with E-state index in [0.29, 0.717) is 11.4 Å². The molecule has 0 aliphatic rings. The first-order valence-corrected chi connectivity index (χ1v) is 9.94. The van der Waals surface area contributed by atoms with Gasteiger partial charge in [0.1, 0.15) is 5.75 Å². The third-order valence-electron chi connectivity index (χ3n) is 4.72. The van der Waals surface area contributed by atoms with Crippen molar-refractivity contribution >= 4 is 6.09 Å². The van der Waals surface area contributed by atoms with Crippen LogP contribution < -0.4 is 10.1 Å². The summed E-state index contributed by atoms with van der Waals surface area (Å²) >= 11 is 0. The van der Waals surface area contributed by atoms with Crippen molar-refractivity contribution in [3.63, 3.8) is 0 Å². The average molecular weight is 417 g/mol. The van der Waals surface area contributed by atoms with E-state index in [4.69, 9.17) is 4.74 Å². The predicted molar refractivity (Wildman–Crippen MR) is 115 cm³/mol. The zero-order chi connectivity index (χ0) is 21.8. The molecule has 0 spiro atoms. The van der Waals surface area contributed by atoms with E-state index < -0.39 is 6.09 Å². The van der Waals surface area contributed by atoms with Crippen molar-refractivity contribution in [1.29, 1.82) is 0 Å². The standard InChI is InChI=1S/C22H23N7O2/c1-14(2)21-26-27-28-29(21)19-10-17(16-6-4-15(3)5-7-16)11-20(12-19)31-22(30)23-13-18-8-9-24-25-18/h4-12,14H,13H2,1-3H3,(H,23,30)(H,24,25). The van der Waals surface area contributed by atoms with Crippen LogP contribution in [-0.4, -0.2) is 36.5 Å². The number of aromatic amines is 1. The normalized spacial score (nSPS) is 11.0. The zero-order valence-corrected chi connectivity index (χ0v) is 17.5. The molecule has 0 aliphatic carbocycles. The van der Waals surface area contributed by atoms with Gasteiger partial charge in [0.05, 0.1) is 17.9 Å². The van der Waals surface area contributed by atoms with Gasteiger partial charge in [-0.15, -0.1) is 5.10 Å². The van der Waals surface area contributed by atoms with Crippen LogP contribution >= 0.6 is 0 Å². The molecule has 158 valence electrons. The van der Waals surface area contributed by atoms with Crippen LogP contribution in [0.5, 0.6) is 5.75 Å². The van der Waals surface area contributed by atoms with Gasteiger partial charge in [-0.3, -0.25) is 5.10 Å². The van der Waals surface area contributed by atoms with Crippen LogP contribution in [0.15, 0.2) is 54.7 Å². The number of carbonyl (C=O) groups excluding carboxylic acids is 1. The van der Waals surface area contributed by atoms with Gasteiger partial charge in [-0.2, -0.15) is 9.78 Å². The maximum absolute atomic E-state index is 12.4. The number of nitrogens with zero attached hydrogens (tertiary/aromatic N) is 5. The van der Waals surface area contributed by atoms with E-state index in [9.17, 15) is 4.79 Å². The number of ether oxygens (including phenoxy) is 1. The molecule has 4 aromatic rings. The van der Waals surface area contributed by atoms with E-state index in [1.54, 1.807) is 23.0 Å². The molecule has 2 heterocycles. The number of amides is 1. The number of benzene rings is 2. The highest BCUT2D eigenvalue weighted by Gasteiger charge is 2.15. The molecule has 9 nitrogen and oxygen atoms in total. The van der Waals surface area contributed by atoms with Crippen molar-refractivity contribution in [2.75, 3.05) is 0 Å². The summed E-state index contributed by atoms with van der Waals surface area (Å²) in [4.78, 5) is 12.4. The highest BCUT2D eigenvalue weighted by molar-refractivity contribution is 5.73. The lowest BCUT2D eigenvalue weighted by atomic mass is 10.0. The maximum atomic E-state index is 12.4. The predicted octanol–water partition coefficient (Wildman–Crippen LogP) is 3.77. The molecule has 0 bridgehead atoms. The third-order valence-corrected chi connectivity index (χ3v) is 4.72. The number of tetrazole rings is 1. The molecule has 0 aliphatic heterocycles. The Morgan fingerprint density at radius 2 is 1.94 bits per heavy atom. The van der Waals surface area contributed by atoms with E-state index in [2.05, 4.69) is 31.0 Å². The molecular weight excluding hydrogens is 394 g/mol. The molecule has 0 saturated carbocycles. The van der Waals surface area contributed by atoms with Crippen LogP contribution in [-0.2, 0) is 6.54 Å². The molecule has 31 heavy (non-hydrogen) atoms. The smallest absolute Gasteiger partial charge is 0.410 e. The average Bonchev–Trinajstić information content (AvgIpc) is 3.44. The van der Waals surface area contributed by atoms with E-state index >= 15 is 0 Å². The largest absolute Gasteiger partial charge is 0.412 e. The molecule has 1 amide bonds. The second-order valence-electron chi connectivity index (χ2n) is 7.51. The van der Waals surface area contributed by atoms with Crippen molar-refractivity contribution < 1.29 is 9.53 Å². The molecule has 2 aromatic heterocycles. The van der Waals surface area contributed by atoms with Gasteiger partial charge >= 0.3 is 6.09 Å². The fourth-order valence-electron chi connectivity index (χ4n) is 3.11. The summed E-state index contributed by atoms with van der Waals surface area (Å²) < 4.78 is 7.24. The molecule has 0 fully saturated rings. The van der Waals surface area contributed by atoms with Crippen LogP contribution in [0.1, 0.15) is 36.8 Å². The number of aromatic nitrogens is 6. The highest BCUT2D eigenvalue weighted by atomic mass is 16.6. The number of hydrogen-bond donors (Lipinski definition) is 2. The Kier molecular flexibility index (Phi) is 5.74. The van der Waals surface area contributed by atoms with Crippen molar-refractivity contribution in [2.45, 2.75) is 33.2 Å². The van der Waals surface area contributed by atoms with Crippen LogP contribution in [0.3, 0.4) is 0 Å². The summed E-state index contributed by atoms with van der Waals surface area (Å²) in [6, 6.07) is 15.5. The number of hydrogen-bond acceptors (Lipinski definition) is 6. The molecule has 0 saturated heterocycles. The van der Waals surface area contributed by atoms with Gasteiger partial charge in [-0.05, 0) is 46.7 Å². The summed E-state index contributed by atoms with van der Waals surface area (Å²) in [7, 11) is 0. The van der Waals surface area contributed by atoms with Crippen molar-refractivity contribution in [3.05, 3.63) is 71.8 Å². The fourth-order valence-corrected chi connectivity index (χ4v) is 3.11. The van der Waals surface area contributed by atoms with Crippen molar-refractivity contribution in [3.8, 4) is 22.6 Å². The van der Waals surface area contributed by atoms with Crippen LogP contribution in [0.25, 0.3) is 16.8 Å². The molecular formula is C22H23N7O2. The number of rotatable bonds is 6. The highest BCUT2D eigenvalue weighted by Crippen LogP contribution is 2.29. The molecule has 9 heteroatoms. The monoisotopic (exact) mass is 417 g/mol. The second-order valence-corrected chi connectivity index (χ2v) is 7.51. The Balaban J connectivity index is 1.66. The molecule has 0 atom stereocenters. The van der Waals surface area contributed by atoms with Crippen molar-refractivity contribution in [2.24, 2.45) is 0 Å². The summed E-state index contributed by atoms with van der Waals surface area (Å²) in [6.45, 7) is 6.36. The first-order chi connectivity index (χ1) is 15.0. The molecule has 0 radical (unpaired) electrons. The summed E-state index contributed by atoms with van der Waals surface area (Å²) in [5.74, 6) is 1.23. The third kappa shape index (κ3) is 4.77. The molecule has 2 N–H and O–H groups in total. The van der Waals surface area contributed by atoms with Crippen molar-refractivity contribution in [1.82, 2.24) is 35.7 Å². The first-order valence-electron chi connectivity index (χ1n) is 9.94.